The highest BCUT2D eigenvalue weighted by molar-refractivity contribution is 7.90. The zero-order valence-corrected chi connectivity index (χ0v) is 14.1. The summed E-state index contributed by atoms with van der Waals surface area (Å²) in [6.07, 6.45) is -0.878. The topological polar surface area (TPSA) is 162 Å². The number of carbonyl (C=O) groups excluding carboxylic acids is 1. The smallest absolute Gasteiger partial charge is 0.421 e. The van der Waals surface area contributed by atoms with Crippen molar-refractivity contribution in [3.8, 4) is 0 Å². The van der Waals surface area contributed by atoms with Gasteiger partial charge in [0.15, 0.2) is 0 Å². The molecule has 25 heavy (non-hydrogen) atoms. The molecule has 0 fully saturated rings. The number of nitrogens with zero attached hydrogens (tertiary/aromatic N) is 1. The van der Waals surface area contributed by atoms with Crippen LogP contribution in [0.5, 0.6) is 0 Å². The molecule has 0 bridgehead atoms. The fraction of sp³-hybridized carbons (Fsp3) is 0.333. The first kappa shape index (κ1) is 20.4. The highest BCUT2D eigenvalue weighted by Gasteiger charge is 2.23. The molecule has 0 unspecified atom stereocenters. The number of carboxylic acids is 1. The van der Waals surface area contributed by atoms with Gasteiger partial charge in [0.2, 0.25) is 0 Å². The molecule has 13 heteroatoms. The maximum Gasteiger partial charge on any atom is 0.421 e. The van der Waals surface area contributed by atoms with Gasteiger partial charge in [0.05, 0.1) is 23.8 Å². The fourth-order valence-electron chi connectivity index (χ4n) is 1.54. The number of amides is 1. The number of benzene rings is 1. The Bertz CT molecular complexity index is 766. The number of carbonyl (C=O) groups is 2. The summed E-state index contributed by atoms with van der Waals surface area (Å²) in [6.45, 7) is -0.390. The highest BCUT2D eigenvalue weighted by atomic mass is 35.5. The van der Waals surface area contributed by atoms with E-state index in [-0.39, 0.29) is 36.6 Å². The number of hydrogen-bond acceptors (Lipinski definition) is 8. The molecule has 0 aliphatic heterocycles. The Labute approximate surface area is 146 Å². The Morgan fingerprint density at radius 1 is 1.28 bits per heavy atom. The number of halogens is 1. The fourth-order valence-corrected chi connectivity index (χ4v) is 2.96. The van der Waals surface area contributed by atoms with Gasteiger partial charge in [-0.1, -0.05) is 11.6 Å². The Hall–Kier alpha value is -2.60. The van der Waals surface area contributed by atoms with Gasteiger partial charge in [-0.15, -0.1) is 10.1 Å². The molecule has 0 aliphatic rings. The van der Waals surface area contributed by atoms with E-state index in [1.807, 2.05) is 0 Å². The van der Waals surface area contributed by atoms with Crippen LogP contribution < -0.4 is 4.72 Å². The molecule has 0 atom stereocenters. The molecule has 2 N–H and O–H groups in total. The zero-order valence-electron chi connectivity index (χ0n) is 12.5. The lowest BCUT2D eigenvalue weighted by Crippen LogP contribution is -2.31. The summed E-state index contributed by atoms with van der Waals surface area (Å²) < 4.78 is 30.3. The van der Waals surface area contributed by atoms with Crippen molar-refractivity contribution in [3.63, 3.8) is 0 Å². The Kier molecular flexibility index (Phi) is 7.39. The number of carboxylic acid groups (broad SMARTS) is 1. The number of sulfonamides is 1. The Morgan fingerprint density at radius 2 is 1.92 bits per heavy atom. The van der Waals surface area contributed by atoms with Crippen molar-refractivity contribution < 1.29 is 37.8 Å². The van der Waals surface area contributed by atoms with Gasteiger partial charge in [0.1, 0.15) is 4.90 Å². The van der Waals surface area contributed by atoms with E-state index in [0.29, 0.717) is 0 Å². The minimum atomic E-state index is -4.44. The van der Waals surface area contributed by atoms with Crippen LogP contribution in [0.1, 0.15) is 23.2 Å². The largest absolute Gasteiger partial charge is 0.478 e. The van der Waals surface area contributed by atoms with E-state index in [1.54, 1.807) is 4.72 Å². The van der Waals surface area contributed by atoms with E-state index in [2.05, 4.69) is 9.57 Å². The van der Waals surface area contributed by atoms with E-state index >= 15 is 0 Å². The zero-order chi connectivity index (χ0) is 19.0. The van der Waals surface area contributed by atoms with E-state index in [1.165, 1.54) is 0 Å². The number of unbranched alkanes of at least 4 members (excludes halogenated alkanes) is 1. The average Bonchev–Trinajstić information content (AvgIpc) is 2.49. The van der Waals surface area contributed by atoms with Crippen molar-refractivity contribution in [1.82, 2.24) is 4.72 Å². The molecule has 138 valence electrons. The molecule has 0 radical (unpaired) electrons. The standard InChI is InChI=1S/C12H13ClN2O9S/c13-9-4-3-8(11(16)17)7-10(9)25(21,22)14-12(18)23-5-1-2-6-24-15(19)20/h3-4,7H,1-2,5-6H2,(H,14,18)(H,16,17). The van der Waals surface area contributed by atoms with Crippen LogP contribution >= 0.6 is 11.6 Å². The quantitative estimate of drug-likeness (QED) is 0.357. The predicted octanol–water partition coefficient (Wildman–Crippen LogP) is 1.44. The molecule has 1 rings (SSSR count). The second-order valence-electron chi connectivity index (χ2n) is 4.46. The van der Waals surface area contributed by atoms with Gasteiger partial charge in [0, 0.05) is 0 Å². The van der Waals surface area contributed by atoms with Crippen LogP contribution in [-0.4, -0.2) is 43.9 Å². The lowest BCUT2D eigenvalue weighted by Gasteiger charge is -2.09. The maximum absolute atomic E-state index is 12.1. The monoisotopic (exact) mass is 396 g/mol. The molecule has 0 heterocycles. The van der Waals surface area contributed by atoms with Crippen molar-refractivity contribution in [2.24, 2.45) is 0 Å². The van der Waals surface area contributed by atoms with Crippen LogP contribution in [0, 0.1) is 10.1 Å². The molecule has 0 aromatic heterocycles. The Balaban J connectivity index is 2.60. The summed E-state index contributed by atoms with van der Waals surface area (Å²) >= 11 is 5.72. The van der Waals surface area contributed by atoms with Gasteiger partial charge >= 0.3 is 12.1 Å². The summed E-state index contributed by atoms with van der Waals surface area (Å²) in [5.74, 6) is -1.37. The van der Waals surface area contributed by atoms with Gasteiger partial charge in [0.25, 0.3) is 15.1 Å². The van der Waals surface area contributed by atoms with Gasteiger partial charge in [-0.3, -0.25) is 0 Å². The minimum absolute atomic E-state index is 0.187. The van der Waals surface area contributed by atoms with Crippen molar-refractivity contribution >= 4 is 33.7 Å². The first-order valence-electron chi connectivity index (χ1n) is 6.63. The summed E-state index contributed by atoms with van der Waals surface area (Å²) in [4.78, 5) is 35.7. The van der Waals surface area contributed by atoms with Gasteiger partial charge in [-0.2, -0.15) is 0 Å². The lowest BCUT2D eigenvalue weighted by atomic mass is 10.2. The van der Waals surface area contributed by atoms with E-state index < -0.39 is 32.1 Å². The SMILES string of the molecule is O=C(NS(=O)(=O)c1cc(C(=O)O)ccc1Cl)OCCCCO[N+](=O)[O-]. The van der Waals surface area contributed by atoms with Crippen LogP contribution in [0.25, 0.3) is 0 Å². The molecule has 0 aliphatic carbocycles. The highest BCUT2D eigenvalue weighted by Crippen LogP contribution is 2.22. The molecule has 0 saturated carbocycles. The molecule has 1 amide bonds. The molecule has 1 aromatic carbocycles. The third-order valence-electron chi connectivity index (χ3n) is 2.65. The number of aromatic carboxylic acids is 1. The van der Waals surface area contributed by atoms with Crippen LogP contribution in [0.3, 0.4) is 0 Å². The number of hydrogen-bond donors (Lipinski definition) is 2. The van der Waals surface area contributed by atoms with E-state index in [4.69, 9.17) is 16.7 Å². The minimum Gasteiger partial charge on any atom is -0.478 e. The van der Waals surface area contributed by atoms with Crippen molar-refractivity contribution in [1.29, 1.82) is 0 Å². The summed E-state index contributed by atoms with van der Waals surface area (Å²) in [6, 6.07) is 2.98. The second-order valence-corrected chi connectivity index (χ2v) is 6.51. The van der Waals surface area contributed by atoms with Gasteiger partial charge < -0.3 is 14.7 Å². The molecule has 0 saturated heterocycles. The maximum atomic E-state index is 12.1. The van der Waals surface area contributed by atoms with Gasteiger partial charge in [-0.25, -0.2) is 22.7 Å². The van der Waals surface area contributed by atoms with Crippen molar-refractivity contribution in [2.75, 3.05) is 13.2 Å². The lowest BCUT2D eigenvalue weighted by molar-refractivity contribution is -0.757. The molecule has 1 aromatic rings. The van der Waals surface area contributed by atoms with Crippen LogP contribution in [0.2, 0.25) is 5.02 Å². The Morgan fingerprint density at radius 3 is 2.52 bits per heavy atom. The summed E-state index contributed by atoms with van der Waals surface area (Å²) in [5, 5.41) is 17.5. The third-order valence-corrected chi connectivity index (χ3v) is 4.45. The second kappa shape index (κ2) is 9.03. The third kappa shape index (κ3) is 6.81. The first-order chi connectivity index (χ1) is 11.6. The number of nitrogens with one attached hydrogen (secondary N) is 1. The van der Waals surface area contributed by atoms with Crippen LogP contribution in [-0.2, 0) is 19.6 Å². The molecule has 0 spiro atoms. The van der Waals surface area contributed by atoms with Crippen LogP contribution in [0.15, 0.2) is 23.1 Å². The van der Waals surface area contributed by atoms with E-state index in [9.17, 15) is 28.1 Å². The molecule has 11 nitrogen and oxygen atoms in total. The molecular weight excluding hydrogens is 384 g/mol. The summed E-state index contributed by atoms with van der Waals surface area (Å²) in [7, 11) is -4.44. The van der Waals surface area contributed by atoms with E-state index in [0.717, 1.165) is 18.2 Å². The predicted molar refractivity (Wildman–Crippen MR) is 82.3 cm³/mol. The average molecular weight is 397 g/mol. The van der Waals surface area contributed by atoms with Crippen molar-refractivity contribution in [2.45, 2.75) is 17.7 Å². The van der Waals surface area contributed by atoms with Gasteiger partial charge in [-0.05, 0) is 31.0 Å². The number of rotatable bonds is 9. The molecular formula is C12H13ClN2O9S. The normalized spacial score (nSPS) is 10.8. The van der Waals surface area contributed by atoms with Crippen LogP contribution in [0.4, 0.5) is 4.79 Å². The first-order valence-corrected chi connectivity index (χ1v) is 8.49. The van der Waals surface area contributed by atoms with Crippen molar-refractivity contribution in [3.05, 3.63) is 38.9 Å². The number of ether oxygens (including phenoxy) is 1. The summed E-state index contributed by atoms with van der Waals surface area (Å²) in [5.41, 5.74) is -0.330.